The van der Waals surface area contributed by atoms with Crippen LogP contribution in [0.3, 0.4) is 0 Å². The molecule has 0 bridgehead atoms. The number of rotatable bonds is 1. The van der Waals surface area contributed by atoms with Gasteiger partial charge in [-0.25, -0.2) is 4.98 Å². The molecule has 3 nitrogen and oxygen atoms in total. The van der Waals surface area contributed by atoms with Crippen molar-refractivity contribution in [1.29, 1.82) is 0 Å². The summed E-state index contributed by atoms with van der Waals surface area (Å²) in [5.41, 5.74) is 4.05. The molecule has 0 radical (unpaired) electrons. The van der Waals surface area contributed by atoms with Crippen LogP contribution in [-0.2, 0) is 0 Å². The van der Waals surface area contributed by atoms with Gasteiger partial charge in [0.15, 0.2) is 5.58 Å². The van der Waals surface area contributed by atoms with E-state index in [1.165, 1.54) is 0 Å². The van der Waals surface area contributed by atoms with E-state index in [1.807, 2.05) is 60.7 Å². The standard InChI is InChI=1S/C19H10ClNO2/c20-12-6-7-16-13(8-12)14-9-18-15(10-17(14)22-16)21-19(23-18)11-4-2-1-3-5-11/h1-10H. The van der Waals surface area contributed by atoms with Gasteiger partial charge in [-0.3, -0.25) is 0 Å². The minimum Gasteiger partial charge on any atom is -0.456 e. The van der Waals surface area contributed by atoms with Crippen LogP contribution in [0, 0.1) is 0 Å². The average Bonchev–Trinajstić information content (AvgIpc) is 3.14. The minimum atomic E-state index is 0.607. The zero-order valence-electron chi connectivity index (χ0n) is 11.9. The molecule has 2 aromatic heterocycles. The molecule has 0 spiro atoms. The zero-order chi connectivity index (χ0) is 15.4. The van der Waals surface area contributed by atoms with E-state index in [1.54, 1.807) is 0 Å². The number of aromatic nitrogens is 1. The number of benzene rings is 3. The zero-order valence-corrected chi connectivity index (χ0v) is 12.7. The van der Waals surface area contributed by atoms with Crippen molar-refractivity contribution in [2.24, 2.45) is 0 Å². The molecule has 2 heterocycles. The van der Waals surface area contributed by atoms with Crippen molar-refractivity contribution in [3.05, 3.63) is 65.7 Å². The Balaban J connectivity index is 1.80. The third-order valence-corrected chi connectivity index (χ3v) is 4.20. The Morgan fingerprint density at radius 2 is 1.57 bits per heavy atom. The van der Waals surface area contributed by atoms with E-state index >= 15 is 0 Å². The van der Waals surface area contributed by atoms with Crippen LogP contribution in [0.25, 0.3) is 44.5 Å². The Kier molecular flexibility index (Phi) is 2.55. The van der Waals surface area contributed by atoms with Crippen LogP contribution in [0.4, 0.5) is 0 Å². The number of oxazole rings is 1. The largest absolute Gasteiger partial charge is 0.456 e. The van der Waals surface area contributed by atoms with Crippen LogP contribution >= 0.6 is 11.6 Å². The molecule has 0 saturated carbocycles. The van der Waals surface area contributed by atoms with Crippen molar-refractivity contribution in [3.63, 3.8) is 0 Å². The summed E-state index contributed by atoms with van der Waals surface area (Å²) in [5, 5.41) is 2.64. The van der Waals surface area contributed by atoms with Gasteiger partial charge in [-0.2, -0.15) is 0 Å². The molecule has 5 aromatic rings. The highest BCUT2D eigenvalue weighted by Crippen LogP contribution is 2.34. The molecule has 0 N–H and O–H groups in total. The van der Waals surface area contributed by atoms with E-state index in [-0.39, 0.29) is 0 Å². The average molecular weight is 320 g/mol. The second kappa shape index (κ2) is 4.61. The van der Waals surface area contributed by atoms with Crippen LogP contribution in [0.1, 0.15) is 0 Å². The highest BCUT2D eigenvalue weighted by atomic mass is 35.5. The minimum absolute atomic E-state index is 0.607. The van der Waals surface area contributed by atoms with Crippen molar-refractivity contribution < 1.29 is 8.83 Å². The van der Waals surface area contributed by atoms with Crippen molar-refractivity contribution in [2.75, 3.05) is 0 Å². The SMILES string of the molecule is Clc1ccc2oc3cc4nc(-c5ccccc5)oc4cc3c2c1. The van der Waals surface area contributed by atoms with Gasteiger partial charge >= 0.3 is 0 Å². The molecule has 4 heteroatoms. The third-order valence-electron chi connectivity index (χ3n) is 3.96. The molecule has 0 atom stereocenters. The number of hydrogen-bond acceptors (Lipinski definition) is 3. The van der Waals surface area contributed by atoms with E-state index in [4.69, 9.17) is 20.4 Å². The molecule has 5 rings (SSSR count). The molecule has 0 amide bonds. The van der Waals surface area contributed by atoms with E-state index in [9.17, 15) is 0 Å². The molecule has 3 aromatic carbocycles. The Morgan fingerprint density at radius 3 is 2.43 bits per heavy atom. The Bertz CT molecular complexity index is 1170. The Hall–Kier alpha value is -2.78. The van der Waals surface area contributed by atoms with Gasteiger partial charge in [0.05, 0.1) is 0 Å². The summed E-state index contributed by atoms with van der Waals surface area (Å²) in [6.45, 7) is 0. The summed E-state index contributed by atoms with van der Waals surface area (Å²) in [7, 11) is 0. The molecule has 0 unspecified atom stereocenters. The van der Waals surface area contributed by atoms with Crippen LogP contribution < -0.4 is 0 Å². The Labute approximate surface area is 136 Å². The number of hydrogen-bond donors (Lipinski definition) is 0. The molecular formula is C19H10ClNO2. The van der Waals surface area contributed by atoms with E-state index in [0.29, 0.717) is 10.9 Å². The summed E-state index contributed by atoms with van der Waals surface area (Å²) in [4.78, 5) is 4.57. The molecule has 0 fully saturated rings. The second-order valence-corrected chi connectivity index (χ2v) is 5.88. The lowest BCUT2D eigenvalue weighted by atomic mass is 10.1. The predicted molar refractivity (Wildman–Crippen MR) is 91.7 cm³/mol. The van der Waals surface area contributed by atoms with Gasteiger partial charge in [-0.15, -0.1) is 0 Å². The fourth-order valence-corrected chi connectivity index (χ4v) is 3.05. The van der Waals surface area contributed by atoms with Crippen LogP contribution in [-0.4, -0.2) is 4.98 Å². The van der Waals surface area contributed by atoms with Gasteiger partial charge in [-0.05, 0) is 36.4 Å². The maximum atomic E-state index is 6.10. The van der Waals surface area contributed by atoms with Crippen molar-refractivity contribution >= 4 is 44.6 Å². The quantitative estimate of drug-likeness (QED) is 0.377. The summed E-state index contributed by atoms with van der Waals surface area (Å²) < 4.78 is 11.8. The van der Waals surface area contributed by atoms with E-state index in [0.717, 1.165) is 38.6 Å². The molecular weight excluding hydrogens is 310 g/mol. The number of furan rings is 1. The van der Waals surface area contributed by atoms with Crippen LogP contribution in [0.5, 0.6) is 0 Å². The number of halogens is 1. The van der Waals surface area contributed by atoms with Crippen LogP contribution in [0.2, 0.25) is 5.02 Å². The van der Waals surface area contributed by atoms with E-state index < -0.39 is 0 Å². The highest BCUT2D eigenvalue weighted by molar-refractivity contribution is 6.31. The van der Waals surface area contributed by atoms with Gasteiger partial charge < -0.3 is 8.83 Å². The van der Waals surface area contributed by atoms with Crippen molar-refractivity contribution in [1.82, 2.24) is 4.98 Å². The maximum Gasteiger partial charge on any atom is 0.227 e. The summed E-state index contributed by atoms with van der Waals surface area (Å²) in [5.74, 6) is 0.607. The highest BCUT2D eigenvalue weighted by Gasteiger charge is 2.13. The summed E-state index contributed by atoms with van der Waals surface area (Å²) in [6, 6.07) is 19.3. The predicted octanol–water partition coefficient (Wildman–Crippen LogP) is 6.05. The fourth-order valence-electron chi connectivity index (χ4n) is 2.87. The topological polar surface area (TPSA) is 39.2 Å². The second-order valence-electron chi connectivity index (χ2n) is 5.44. The van der Waals surface area contributed by atoms with Crippen molar-refractivity contribution in [2.45, 2.75) is 0 Å². The molecule has 0 aliphatic rings. The van der Waals surface area contributed by atoms with Gasteiger partial charge in [-0.1, -0.05) is 29.8 Å². The first-order valence-corrected chi connectivity index (χ1v) is 7.63. The molecule has 0 saturated heterocycles. The maximum absolute atomic E-state index is 6.10. The van der Waals surface area contributed by atoms with Crippen molar-refractivity contribution in [3.8, 4) is 11.5 Å². The molecule has 0 aliphatic carbocycles. The third kappa shape index (κ3) is 1.94. The van der Waals surface area contributed by atoms with Gasteiger partial charge in [0, 0.05) is 27.4 Å². The monoisotopic (exact) mass is 319 g/mol. The number of fused-ring (bicyclic) bond motifs is 4. The first-order chi connectivity index (χ1) is 11.3. The Morgan fingerprint density at radius 1 is 0.739 bits per heavy atom. The summed E-state index contributed by atoms with van der Waals surface area (Å²) in [6.07, 6.45) is 0. The van der Waals surface area contributed by atoms with E-state index in [2.05, 4.69) is 4.98 Å². The lowest BCUT2D eigenvalue weighted by Gasteiger charge is -1.92. The van der Waals surface area contributed by atoms with Gasteiger partial charge in [0.2, 0.25) is 5.89 Å². The van der Waals surface area contributed by atoms with Crippen LogP contribution in [0.15, 0.2) is 69.5 Å². The molecule has 110 valence electrons. The normalized spacial score (nSPS) is 11.7. The fraction of sp³-hybridized carbons (Fsp3) is 0. The lowest BCUT2D eigenvalue weighted by Crippen LogP contribution is -1.74. The summed E-state index contributed by atoms with van der Waals surface area (Å²) >= 11 is 6.10. The van der Waals surface area contributed by atoms with Gasteiger partial charge in [0.1, 0.15) is 16.7 Å². The molecule has 23 heavy (non-hydrogen) atoms. The van der Waals surface area contributed by atoms with Gasteiger partial charge in [0.25, 0.3) is 0 Å². The lowest BCUT2D eigenvalue weighted by molar-refractivity contribution is 0.620. The molecule has 0 aliphatic heterocycles. The number of nitrogens with zero attached hydrogens (tertiary/aromatic N) is 1. The first-order valence-electron chi connectivity index (χ1n) is 7.26. The first kappa shape index (κ1) is 12.7. The smallest absolute Gasteiger partial charge is 0.227 e.